The molecule has 21 heavy (non-hydrogen) atoms. The molecule has 0 aliphatic heterocycles. The molecule has 2 rings (SSSR count). The Morgan fingerprint density at radius 2 is 2.05 bits per heavy atom. The van der Waals surface area contributed by atoms with Crippen LogP contribution in [-0.4, -0.2) is 23.3 Å². The summed E-state index contributed by atoms with van der Waals surface area (Å²) in [6.07, 6.45) is 4.10. The lowest BCUT2D eigenvalue weighted by atomic mass is 10.1. The van der Waals surface area contributed by atoms with Crippen molar-refractivity contribution < 1.29 is 4.74 Å². The number of H-pyrrole nitrogens is 1. The summed E-state index contributed by atoms with van der Waals surface area (Å²) < 4.78 is 5.46. The summed E-state index contributed by atoms with van der Waals surface area (Å²) in [7, 11) is 0. The quantitative estimate of drug-likeness (QED) is 0.732. The highest BCUT2D eigenvalue weighted by Gasteiger charge is 2.05. The van der Waals surface area contributed by atoms with Gasteiger partial charge in [-0.05, 0) is 63.4 Å². The molecule has 0 aliphatic rings. The molecular weight excluding hydrogens is 262 g/mol. The molecule has 4 heteroatoms. The van der Waals surface area contributed by atoms with Crippen LogP contribution in [0.25, 0.3) is 0 Å². The molecule has 0 fully saturated rings. The van der Waals surface area contributed by atoms with Crippen LogP contribution in [0, 0.1) is 6.92 Å². The van der Waals surface area contributed by atoms with Crippen LogP contribution in [0.1, 0.15) is 43.1 Å². The number of nitrogens with zero attached hydrogens (tertiary/aromatic N) is 1. The molecule has 4 nitrogen and oxygen atoms in total. The molecule has 2 N–H and O–H groups in total. The SMILES string of the molecule is CCOc1ccc(C(C)NCCCc2cn[nH]c2C)cc1. The number of aromatic amines is 1. The molecule has 1 unspecified atom stereocenters. The van der Waals surface area contributed by atoms with Crippen LogP contribution >= 0.6 is 0 Å². The average Bonchev–Trinajstić information content (AvgIpc) is 2.90. The smallest absolute Gasteiger partial charge is 0.119 e. The summed E-state index contributed by atoms with van der Waals surface area (Å²) in [5.74, 6) is 0.934. The summed E-state index contributed by atoms with van der Waals surface area (Å²) in [6, 6.07) is 8.68. The van der Waals surface area contributed by atoms with E-state index in [1.165, 1.54) is 16.8 Å². The van der Waals surface area contributed by atoms with E-state index in [9.17, 15) is 0 Å². The second kappa shape index (κ2) is 7.84. The molecule has 2 aromatic rings. The molecule has 1 aromatic heterocycles. The Balaban J connectivity index is 1.73. The number of hydrogen-bond acceptors (Lipinski definition) is 3. The van der Waals surface area contributed by atoms with Crippen LogP contribution in [0.5, 0.6) is 5.75 Å². The zero-order valence-corrected chi connectivity index (χ0v) is 13.1. The van der Waals surface area contributed by atoms with Crippen molar-refractivity contribution in [3.63, 3.8) is 0 Å². The van der Waals surface area contributed by atoms with Gasteiger partial charge in [-0.1, -0.05) is 12.1 Å². The van der Waals surface area contributed by atoms with Crippen molar-refractivity contribution in [1.82, 2.24) is 15.5 Å². The summed E-state index contributed by atoms with van der Waals surface area (Å²) in [5.41, 5.74) is 3.78. The van der Waals surface area contributed by atoms with E-state index in [0.717, 1.165) is 25.1 Å². The third-order valence-electron chi connectivity index (χ3n) is 3.70. The Morgan fingerprint density at radius 3 is 2.67 bits per heavy atom. The van der Waals surface area contributed by atoms with E-state index < -0.39 is 0 Å². The van der Waals surface area contributed by atoms with Gasteiger partial charge in [0.15, 0.2) is 0 Å². The number of benzene rings is 1. The minimum absolute atomic E-state index is 0.353. The summed E-state index contributed by atoms with van der Waals surface area (Å²) in [6.45, 7) is 7.97. The molecule has 114 valence electrons. The van der Waals surface area contributed by atoms with Crippen LogP contribution in [0.3, 0.4) is 0 Å². The van der Waals surface area contributed by atoms with Crippen molar-refractivity contribution in [2.24, 2.45) is 0 Å². The lowest BCUT2D eigenvalue weighted by molar-refractivity contribution is 0.340. The summed E-state index contributed by atoms with van der Waals surface area (Å²) in [5, 5.41) is 10.6. The fraction of sp³-hybridized carbons (Fsp3) is 0.471. The van der Waals surface area contributed by atoms with Crippen LogP contribution < -0.4 is 10.1 Å². The Hall–Kier alpha value is -1.81. The van der Waals surface area contributed by atoms with Gasteiger partial charge >= 0.3 is 0 Å². The Morgan fingerprint density at radius 1 is 1.29 bits per heavy atom. The second-order valence-electron chi connectivity index (χ2n) is 5.30. The maximum Gasteiger partial charge on any atom is 0.119 e. The number of rotatable bonds is 8. The Kier molecular flexibility index (Phi) is 5.81. The zero-order valence-electron chi connectivity index (χ0n) is 13.1. The molecule has 1 aromatic carbocycles. The highest BCUT2D eigenvalue weighted by Crippen LogP contribution is 2.17. The van der Waals surface area contributed by atoms with E-state index in [0.29, 0.717) is 12.6 Å². The van der Waals surface area contributed by atoms with Crippen LogP contribution in [0.2, 0.25) is 0 Å². The van der Waals surface area contributed by atoms with E-state index in [1.807, 2.05) is 25.3 Å². The lowest BCUT2D eigenvalue weighted by Gasteiger charge is -2.14. The normalized spacial score (nSPS) is 12.3. The van der Waals surface area contributed by atoms with E-state index in [1.54, 1.807) is 0 Å². The average molecular weight is 287 g/mol. The van der Waals surface area contributed by atoms with Gasteiger partial charge in [0.05, 0.1) is 12.8 Å². The fourth-order valence-electron chi connectivity index (χ4n) is 2.36. The van der Waals surface area contributed by atoms with Gasteiger partial charge in [0.25, 0.3) is 0 Å². The number of hydrogen-bond donors (Lipinski definition) is 2. The van der Waals surface area contributed by atoms with Crippen molar-refractivity contribution in [3.8, 4) is 5.75 Å². The largest absolute Gasteiger partial charge is 0.494 e. The van der Waals surface area contributed by atoms with Gasteiger partial charge in [-0.2, -0.15) is 5.10 Å². The monoisotopic (exact) mass is 287 g/mol. The zero-order chi connectivity index (χ0) is 15.1. The van der Waals surface area contributed by atoms with E-state index in [2.05, 4.69) is 41.5 Å². The molecule has 0 saturated carbocycles. The fourth-order valence-corrected chi connectivity index (χ4v) is 2.36. The number of aromatic nitrogens is 2. The molecule has 1 heterocycles. The molecule has 0 radical (unpaired) electrons. The number of nitrogens with one attached hydrogen (secondary N) is 2. The topological polar surface area (TPSA) is 49.9 Å². The molecule has 0 aliphatic carbocycles. The van der Waals surface area contributed by atoms with Crippen molar-refractivity contribution in [2.45, 2.75) is 39.7 Å². The van der Waals surface area contributed by atoms with E-state index in [-0.39, 0.29) is 0 Å². The van der Waals surface area contributed by atoms with Gasteiger partial charge in [0.1, 0.15) is 5.75 Å². The number of ether oxygens (including phenoxy) is 1. The van der Waals surface area contributed by atoms with Crippen molar-refractivity contribution >= 4 is 0 Å². The lowest BCUT2D eigenvalue weighted by Crippen LogP contribution is -2.20. The predicted molar refractivity (Wildman–Crippen MR) is 85.7 cm³/mol. The molecule has 0 saturated heterocycles. The van der Waals surface area contributed by atoms with Crippen LogP contribution in [0.4, 0.5) is 0 Å². The van der Waals surface area contributed by atoms with Gasteiger partial charge < -0.3 is 10.1 Å². The molecular formula is C17H25N3O. The first-order valence-corrected chi connectivity index (χ1v) is 7.65. The summed E-state index contributed by atoms with van der Waals surface area (Å²) in [4.78, 5) is 0. The first-order valence-electron chi connectivity index (χ1n) is 7.65. The maximum absolute atomic E-state index is 5.46. The molecule has 0 spiro atoms. The van der Waals surface area contributed by atoms with Gasteiger partial charge in [0.2, 0.25) is 0 Å². The highest BCUT2D eigenvalue weighted by atomic mass is 16.5. The summed E-state index contributed by atoms with van der Waals surface area (Å²) >= 11 is 0. The third kappa shape index (κ3) is 4.60. The number of aryl methyl sites for hydroxylation is 2. The van der Waals surface area contributed by atoms with E-state index in [4.69, 9.17) is 4.74 Å². The minimum Gasteiger partial charge on any atom is -0.494 e. The predicted octanol–water partition coefficient (Wildman–Crippen LogP) is 3.40. The molecule has 0 bridgehead atoms. The van der Waals surface area contributed by atoms with Gasteiger partial charge in [-0.3, -0.25) is 5.10 Å². The standard InChI is InChI=1S/C17H25N3O/c1-4-21-17-9-7-15(8-10-17)13(2)18-11-5-6-16-12-19-20-14(16)3/h7-10,12-13,18H,4-6,11H2,1-3H3,(H,19,20). The van der Waals surface area contributed by atoms with E-state index >= 15 is 0 Å². The minimum atomic E-state index is 0.353. The van der Waals surface area contributed by atoms with Crippen LogP contribution in [-0.2, 0) is 6.42 Å². The molecule has 1 atom stereocenters. The van der Waals surface area contributed by atoms with Crippen LogP contribution in [0.15, 0.2) is 30.5 Å². The Bertz CT molecular complexity index is 533. The Labute approximate surface area is 126 Å². The first kappa shape index (κ1) is 15.6. The third-order valence-corrected chi connectivity index (χ3v) is 3.70. The second-order valence-corrected chi connectivity index (χ2v) is 5.30. The van der Waals surface area contributed by atoms with Gasteiger partial charge in [-0.25, -0.2) is 0 Å². The van der Waals surface area contributed by atoms with Crippen molar-refractivity contribution in [1.29, 1.82) is 0 Å². The van der Waals surface area contributed by atoms with Gasteiger partial charge in [0, 0.05) is 11.7 Å². The highest BCUT2D eigenvalue weighted by molar-refractivity contribution is 5.28. The maximum atomic E-state index is 5.46. The molecule has 0 amide bonds. The van der Waals surface area contributed by atoms with Gasteiger partial charge in [-0.15, -0.1) is 0 Å². The van der Waals surface area contributed by atoms with Crippen molar-refractivity contribution in [2.75, 3.05) is 13.2 Å². The van der Waals surface area contributed by atoms with Crippen molar-refractivity contribution in [3.05, 3.63) is 47.3 Å². The first-order chi connectivity index (χ1) is 10.2.